The fraction of sp³-hybridized carbons (Fsp3) is 0.0385. The van der Waals surface area contributed by atoms with E-state index in [1.165, 1.54) is 30.3 Å². The summed E-state index contributed by atoms with van der Waals surface area (Å²) in [6, 6.07) is 17.5. The van der Waals surface area contributed by atoms with E-state index in [2.05, 4.69) is 4.89 Å². The van der Waals surface area contributed by atoms with Crippen molar-refractivity contribution in [1.29, 1.82) is 0 Å². The second-order valence-corrected chi connectivity index (χ2v) is 7.20. The monoisotopic (exact) mass is 492 g/mol. The van der Waals surface area contributed by atoms with Gasteiger partial charge in [-0.1, -0.05) is 24.3 Å². The van der Waals surface area contributed by atoms with Gasteiger partial charge in [-0.2, -0.15) is 0 Å². The number of ether oxygens (including phenoxy) is 2. The predicted octanol–water partition coefficient (Wildman–Crippen LogP) is 4.77. The van der Waals surface area contributed by atoms with Crippen LogP contribution in [-0.2, 0) is 16.3 Å². The molecule has 10 nitrogen and oxygen atoms in total. The van der Waals surface area contributed by atoms with Crippen LogP contribution in [0.2, 0.25) is 0 Å². The zero-order valence-electron chi connectivity index (χ0n) is 18.6. The molecule has 0 saturated heterocycles. The Labute approximate surface area is 204 Å². The van der Waals surface area contributed by atoms with Crippen molar-refractivity contribution < 1.29 is 49.3 Å². The number of aromatic hydroxyl groups is 2. The van der Waals surface area contributed by atoms with Gasteiger partial charge < -0.3 is 29.6 Å². The van der Waals surface area contributed by atoms with E-state index in [1.807, 2.05) is 6.79 Å². The molecule has 0 aliphatic carbocycles. The van der Waals surface area contributed by atoms with E-state index in [1.54, 1.807) is 30.3 Å². The van der Waals surface area contributed by atoms with Gasteiger partial charge in [0, 0.05) is 22.4 Å². The number of hydrogen-bond donors (Lipinski definition) is 4. The van der Waals surface area contributed by atoms with Crippen LogP contribution < -0.4 is 9.47 Å². The summed E-state index contributed by atoms with van der Waals surface area (Å²) in [4.78, 5) is 36.4. The molecule has 0 aliphatic rings. The van der Waals surface area contributed by atoms with Crippen molar-refractivity contribution >= 4 is 29.5 Å². The maximum absolute atomic E-state index is 12.8. The van der Waals surface area contributed by atoms with Gasteiger partial charge in [0.1, 0.15) is 42.1 Å². The van der Waals surface area contributed by atoms with Crippen molar-refractivity contribution in [3.8, 4) is 28.7 Å². The van der Waals surface area contributed by atoms with Crippen molar-refractivity contribution in [2.24, 2.45) is 0 Å². The largest absolute Gasteiger partial charge is 0.508 e. The Morgan fingerprint density at radius 1 is 0.750 bits per heavy atom. The van der Waals surface area contributed by atoms with Crippen LogP contribution in [0.1, 0.15) is 26.3 Å². The van der Waals surface area contributed by atoms with Crippen molar-refractivity contribution in [1.82, 2.24) is 0 Å². The SMILES string of the molecule is C=O.O=C(O)c1ccc(O)cc1C(=O)Oc1ccc(Oc2cc(O)ccc2COO)c2ccccc12. The van der Waals surface area contributed by atoms with E-state index in [4.69, 9.17) is 19.5 Å². The highest BCUT2D eigenvalue weighted by atomic mass is 17.1. The van der Waals surface area contributed by atoms with Gasteiger partial charge in [-0.05, 0) is 42.5 Å². The number of carbonyl (C=O) groups is 3. The summed E-state index contributed by atoms with van der Waals surface area (Å²) in [5.41, 5.74) is -0.134. The Morgan fingerprint density at radius 3 is 2.03 bits per heavy atom. The number of aromatic carboxylic acids is 1. The standard InChI is InChI=1S/C25H18O9.CH2O/c26-15-7-8-19(24(28)29)20(11-15)25(30)34-22-10-9-21(17-3-1-2-4-18(17)22)33-23-12-16(27)6-5-14(23)13-32-31;1-2/h1-12,26-27,31H,13H2,(H,28,29);1H2. The number of carbonyl (C=O) groups excluding carboxylic acids is 2. The molecule has 36 heavy (non-hydrogen) atoms. The summed E-state index contributed by atoms with van der Waals surface area (Å²) in [7, 11) is 0. The van der Waals surface area contributed by atoms with Gasteiger partial charge >= 0.3 is 11.9 Å². The molecule has 0 unspecified atom stereocenters. The zero-order chi connectivity index (χ0) is 26.2. The first-order valence-corrected chi connectivity index (χ1v) is 10.2. The molecule has 0 saturated carbocycles. The van der Waals surface area contributed by atoms with Crippen LogP contribution in [-0.4, -0.2) is 39.3 Å². The van der Waals surface area contributed by atoms with Gasteiger partial charge in [0.25, 0.3) is 0 Å². The molecule has 4 rings (SSSR count). The Bertz CT molecular complexity index is 1410. The third kappa shape index (κ3) is 5.58. The third-order valence-corrected chi connectivity index (χ3v) is 4.99. The minimum atomic E-state index is -1.34. The fourth-order valence-electron chi connectivity index (χ4n) is 3.41. The Hall–Kier alpha value is -4.93. The summed E-state index contributed by atoms with van der Waals surface area (Å²) < 4.78 is 11.4. The molecule has 0 amide bonds. The number of phenols is 2. The molecule has 0 radical (unpaired) electrons. The number of rotatable bonds is 7. The molecule has 0 atom stereocenters. The molecular formula is C26H20O10. The summed E-state index contributed by atoms with van der Waals surface area (Å²) in [6.07, 6.45) is 0. The zero-order valence-corrected chi connectivity index (χ0v) is 18.6. The van der Waals surface area contributed by atoms with Crippen molar-refractivity contribution in [3.05, 3.63) is 89.5 Å². The summed E-state index contributed by atoms with van der Waals surface area (Å²) in [6.45, 7) is 1.83. The van der Waals surface area contributed by atoms with E-state index in [0.717, 1.165) is 12.1 Å². The molecule has 0 aromatic heterocycles. The van der Waals surface area contributed by atoms with Gasteiger partial charge in [-0.25, -0.2) is 14.5 Å². The second kappa shape index (κ2) is 11.5. The number of carboxylic acids is 1. The van der Waals surface area contributed by atoms with Crippen LogP contribution in [0.5, 0.6) is 28.7 Å². The third-order valence-electron chi connectivity index (χ3n) is 4.99. The van der Waals surface area contributed by atoms with Crippen LogP contribution in [0.25, 0.3) is 10.8 Å². The fourth-order valence-corrected chi connectivity index (χ4v) is 3.41. The van der Waals surface area contributed by atoms with E-state index in [-0.39, 0.29) is 40.7 Å². The average Bonchev–Trinajstić information content (AvgIpc) is 2.88. The molecule has 4 aromatic carbocycles. The van der Waals surface area contributed by atoms with Gasteiger partial charge in [-0.15, -0.1) is 0 Å². The number of esters is 1. The molecular weight excluding hydrogens is 472 g/mol. The summed E-state index contributed by atoms with van der Waals surface area (Å²) >= 11 is 0. The van der Waals surface area contributed by atoms with Crippen LogP contribution in [0.3, 0.4) is 0 Å². The lowest BCUT2D eigenvalue weighted by molar-refractivity contribution is -0.253. The van der Waals surface area contributed by atoms with Crippen molar-refractivity contribution in [3.63, 3.8) is 0 Å². The molecule has 4 aromatic rings. The highest BCUT2D eigenvalue weighted by Crippen LogP contribution is 2.38. The van der Waals surface area contributed by atoms with Crippen molar-refractivity contribution in [2.45, 2.75) is 6.61 Å². The van der Waals surface area contributed by atoms with Gasteiger partial charge in [0.05, 0.1) is 11.1 Å². The molecule has 0 spiro atoms. The second-order valence-electron chi connectivity index (χ2n) is 7.20. The molecule has 0 fully saturated rings. The normalized spacial score (nSPS) is 10.2. The first-order valence-electron chi connectivity index (χ1n) is 10.2. The molecule has 10 heteroatoms. The molecule has 0 aliphatic heterocycles. The number of phenolic OH excluding ortho intramolecular Hbond substituents is 2. The summed E-state index contributed by atoms with van der Waals surface area (Å²) in [5, 5.41) is 38.7. The van der Waals surface area contributed by atoms with Gasteiger partial charge in [0.2, 0.25) is 0 Å². The van der Waals surface area contributed by atoms with Crippen LogP contribution in [0, 0.1) is 0 Å². The number of benzene rings is 4. The predicted molar refractivity (Wildman–Crippen MR) is 127 cm³/mol. The van der Waals surface area contributed by atoms with E-state index in [0.29, 0.717) is 22.1 Å². The smallest absolute Gasteiger partial charge is 0.344 e. The molecule has 0 heterocycles. The average molecular weight is 492 g/mol. The lowest BCUT2D eigenvalue weighted by Gasteiger charge is -2.15. The molecule has 0 bridgehead atoms. The first kappa shape index (κ1) is 25.7. The Balaban J connectivity index is 0.00000176. The first-order chi connectivity index (χ1) is 17.4. The molecule has 184 valence electrons. The minimum absolute atomic E-state index is 0.0492. The Kier molecular flexibility index (Phi) is 8.18. The van der Waals surface area contributed by atoms with E-state index < -0.39 is 11.9 Å². The quantitative estimate of drug-likeness (QED) is 0.122. The van der Waals surface area contributed by atoms with Gasteiger partial charge in [0.15, 0.2) is 0 Å². The summed E-state index contributed by atoms with van der Waals surface area (Å²) in [5.74, 6) is -1.87. The molecule has 4 N–H and O–H groups in total. The Morgan fingerprint density at radius 2 is 1.36 bits per heavy atom. The lowest BCUT2D eigenvalue weighted by atomic mass is 10.1. The maximum atomic E-state index is 12.8. The highest BCUT2D eigenvalue weighted by Gasteiger charge is 2.21. The highest BCUT2D eigenvalue weighted by molar-refractivity contribution is 6.04. The van der Waals surface area contributed by atoms with Crippen LogP contribution in [0.4, 0.5) is 0 Å². The number of fused-ring (bicyclic) bond motifs is 1. The number of carboxylic acid groups (broad SMARTS) is 1. The lowest BCUT2D eigenvalue weighted by Crippen LogP contribution is -2.14. The van der Waals surface area contributed by atoms with Crippen LogP contribution in [0.15, 0.2) is 72.8 Å². The minimum Gasteiger partial charge on any atom is -0.508 e. The van der Waals surface area contributed by atoms with Crippen LogP contribution >= 0.6 is 0 Å². The number of hydrogen-bond acceptors (Lipinski definition) is 9. The van der Waals surface area contributed by atoms with Gasteiger partial charge in [-0.3, -0.25) is 5.26 Å². The van der Waals surface area contributed by atoms with Crippen molar-refractivity contribution in [2.75, 3.05) is 0 Å². The maximum Gasteiger partial charge on any atom is 0.344 e. The van der Waals surface area contributed by atoms with E-state index in [9.17, 15) is 24.9 Å². The van der Waals surface area contributed by atoms with E-state index >= 15 is 0 Å². The topological polar surface area (TPSA) is 160 Å².